The van der Waals surface area contributed by atoms with Crippen LogP contribution < -0.4 is 4.74 Å². The molecule has 0 spiro atoms. The van der Waals surface area contributed by atoms with Crippen LogP contribution in [0.2, 0.25) is 0 Å². The molecule has 0 unspecified atom stereocenters. The van der Waals surface area contributed by atoms with Crippen LogP contribution in [0.1, 0.15) is 31.4 Å². The lowest BCUT2D eigenvalue weighted by Crippen LogP contribution is -2.06. The van der Waals surface area contributed by atoms with Crippen LogP contribution in [0.25, 0.3) is 0 Å². The minimum Gasteiger partial charge on any atom is -0.492 e. The summed E-state index contributed by atoms with van der Waals surface area (Å²) in [6, 6.07) is 3.43. The molecule has 0 heterocycles. The highest BCUT2D eigenvalue weighted by Crippen LogP contribution is 2.31. The molecule has 1 aromatic carbocycles. The van der Waals surface area contributed by atoms with Gasteiger partial charge in [0.15, 0.2) is 0 Å². The average molecular weight is 291 g/mol. The van der Waals surface area contributed by atoms with Crippen molar-refractivity contribution in [2.24, 2.45) is 5.92 Å². The molecule has 18 heavy (non-hydrogen) atoms. The van der Waals surface area contributed by atoms with Gasteiger partial charge >= 0.3 is 0 Å². The van der Waals surface area contributed by atoms with Crippen molar-refractivity contribution in [3.05, 3.63) is 23.3 Å². The molecule has 0 saturated carbocycles. The van der Waals surface area contributed by atoms with E-state index in [0.717, 1.165) is 17.5 Å². The van der Waals surface area contributed by atoms with Gasteiger partial charge in [0.25, 0.3) is 9.05 Å². The molecule has 0 amide bonds. The van der Waals surface area contributed by atoms with E-state index in [1.807, 2.05) is 19.9 Å². The van der Waals surface area contributed by atoms with E-state index in [4.69, 9.17) is 15.4 Å². The largest absolute Gasteiger partial charge is 0.492 e. The summed E-state index contributed by atoms with van der Waals surface area (Å²) in [7, 11) is 1.66. The normalized spacial score (nSPS) is 11.9. The van der Waals surface area contributed by atoms with Crippen molar-refractivity contribution in [1.29, 1.82) is 0 Å². The molecule has 0 atom stereocenters. The first-order chi connectivity index (χ1) is 8.21. The third kappa shape index (κ3) is 4.18. The van der Waals surface area contributed by atoms with Gasteiger partial charge in [0.2, 0.25) is 0 Å². The van der Waals surface area contributed by atoms with Gasteiger partial charge in [-0.15, -0.1) is 0 Å². The molecule has 0 bridgehead atoms. The van der Waals surface area contributed by atoms with E-state index in [-0.39, 0.29) is 4.90 Å². The van der Waals surface area contributed by atoms with Gasteiger partial charge in [-0.05, 0) is 43.4 Å². The van der Waals surface area contributed by atoms with Crippen LogP contribution in [0.4, 0.5) is 0 Å². The summed E-state index contributed by atoms with van der Waals surface area (Å²) in [5.74, 6) is 0.878. The topological polar surface area (TPSA) is 43.4 Å². The summed E-state index contributed by atoms with van der Waals surface area (Å²) in [5.41, 5.74) is 1.64. The molecule has 0 fully saturated rings. The van der Waals surface area contributed by atoms with Gasteiger partial charge in [0.1, 0.15) is 10.6 Å². The second kappa shape index (κ2) is 5.93. The molecule has 102 valence electrons. The van der Waals surface area contributed by atoms with E-state index < -0.39 is 9.05 Å². The van der Waals surface area contributed by atoms with Gasteiger partial charge in [0.05, 0.1) is 6.61 Å². The van der Waals surface area contributed by atoms with E-state index in [0.29, 0.717) is 18.3 Å². The number of hydrogen-bond acceptors (Lipinski definition) is 3. The van der Waals surface area contributed by atoms with Gasteiger partial charge in [-0.25, -0.2) is 8.42 Å². The van der Waals surface area contributed by atoms with Gasteiger partial charge in [0, 0.05) is 10.7 Å². The zero-order valence-electron chi connectivity index (χ0n) is 11.2. The summed E-state index contributed by atoms with van der Waals surface area (Å²) in [5, 5.41) is 0. The van der Waals surface area contributed by atoms with Crippen LogP contribution in [0, 0.1) is 19.8 Å². The van der Waals surface area contributed by atoms with E-state index in [1.54, 1.807) is 6.07 Å². The number of rotatable bonds is 5. The Morgan fingerprint density at radius 1 is 1.28 bits per heavy atom. The maximum atomic E-state index is 11.5. The van der Waals surface area contributed by atoms with E-state index in [1.165, 1.54) is 0 Å². The van der Waals surface area contributed by atoms with Crippen LogP contribution >= 0.6 is 10.7 Å². The fraction of sp³-hybridized carbons (Fsp3) is 0.538. The number of benzene rings is 1. The van der Waals surface area contributed by atoms with Crippen LogP contribution in [0.3, 0.4) is 0 Å². The van der Waals surface area contributed by atoms with Crippen molar-refractivity contribution in [2.75, 3.05) is 6.61 Å². The zero-order valence-corrected chi connectivity index (χ0v) is 12.7. The quantitative estimate of drug-likeness (QED) is 0.777. The lowest BCUT2D eigenvalue weighted by Gasteiger charge is -2.14. The third-order valence-corrected chi connectivity index (χ3v) is 3.92. The zero-order chi connectivity index (χ0) is 13.9. The Kier molecular flexibility index (Phi) is 5.05. The number of ether oxygens (including phenoxy) is 1. The van der Waals surface area contributed by atoms with Crippen molar-refractivity contribution >= 4 is 19.7 Å². The van der Waals surface area contributed by atoms with Crippen molar-refractivity contribution in [1.82, 2.24) is 0 Å². The lowest BCUT2D eigenvalue weighted by molar-refractivity contribution is 0.281. The Morgan fingerprint density at radius 2 is 1.89 bits per heavy atom. The average Bonchev–Trinajstić information content (AvgIpc) is 2.18. The molecule has 0 aromatic heterocycles. The summed E-state index contributed by atoms with van der Waals surface area (Å²) in [6.45, 7) is 8.32. The molecule has 1 rings (SSSR count). The number of aryl methyl sites for hydroxylation is 2. The first-order valence-corrected chi connectivity index (χ1v) is 8.21. The standard InChI is InChI=1S/C13H19ClO3S/c1-9(2)5-6-17-13-11(4)7-10(3)8-12(13)18(14,15)16/h7-9H,5-6H2,1-4H3. The van der Waals surface area contributed by atoms with E-state index >= 15 is 0 Å². The molecule has 0 aliphatic carbocycles. The molecule has 0 N–H and O–H groups in total. The number of hydrogen-bond donors (Lipinski definition) is 0. The van der Waals surface area contributed by atoms with Crippen molar-refractivity contribution in [3.63, 3.8) is 0 Å². The highest BCUT2D eigenvalue weighted by Gasteiger charge is 2.19. The minimum absolute atomic E-state index is 0.0606. The lowest BCUT2D eigenvalue weighted by atomic mass is 10.1. The molecular weight excluding hydrogens is 272 g/mol. The van der Waals surface area contributed by atoms with Crippen LogP contribution in [-0.2, 0) is 9.05 Å². The Morgan fingerprint density at radius 3 is 2.39 bits per heavy atom. The van der Waals surface area contributed by atoms with Crippen molar-refractivity contribution < 1.29 is 13.2 Å². The maximum Gasteiger partial charge on any atom is 0.265 e. The van der Waals surface area contributed by atoms with Crippen LogP contribution in [-0.4, -0.2) is 15.0 Å². The molecule has 0 saturated heterocycles. The molecule has 5 heteroatoms. The Labute approximate surface area is 114 Å². The summed E-state index contributed by atoms with van der Waals surface area (Å²) >= 11 is 0. The molecule has 3 nitrogen and oxygen atoms in total. The minimum atomic E-state index is -3.78. The Hall–Kier alpha value is -0.740. The monoisotopic (exact) mass is 290 g/mol. The van der Waals surface area contributed by atoms with Crippen molar-refractivity contribution in [2.45, 2.75) is 39.0 Å². The van der Waals surface area contributed by atoms with Crippen molar-refractivity contribution in [3.8, 4) is 5.75 Å². The second-order valence-electron chi connectivity index (χ2n) is 4.88. The fourth-order valence-electron chi connectivity index (χ4n) is 1.68. The summed E-state index contributed by atoms with van der Waals surface area (Å²) < 4.78 is 28.7. The van der Waals surface area contributed by atoms with E-state index in [9.17, 15) is 8.42 Å². The van der Waals surface area contributed by atoms with Gasteiger partial charge in [-0.3, -0.25) is 0 Å². The molecule has 1 aromatic rings. The van der Waals surface area contributed by atoms with Gasteiger partial charge in [-0.2, -0.15) is 0 Å². The predicted molar refractivity (Wildman–Crippen MR) is 73.9 cm³/mol. The molecule has 0 aliphatic rings. The first-order valence-electron chi connectivity index (χ1n) is 5.90. The summed E-state index contributed by atoms with van der Waals surface area (Å²) in [4.78, 5) is 0.0606. The van der Waals surface area contributed by atoms with E-state index in [2.05, 4.69) is 13.8 Å². The number of halogens is 1. The Bertz CT molecular complexity index is 521. The predicted octanol–water partition coefficient (Wildman–Crippen LogP) is 3.66. The van der Waals surface area contributed by atoms with Gasteiger partial charge in [-0.1, -0.05) is 19.9 Å². The van der Waals surface area contributed by atoms with Crippen LogP contribution in [0.15, 0.2) is 17.0 Å². The molecule has 0 radical (unpaired) electrons. The first kappa shape index (κ1) is 15.3. The highest BCUT2D eigenvalue weighted by atomic mass is 35.7. The smallest absolute Gasteiger partial charge is 0.265 e. The Balaban J connectivity index is 3.09. The van der Waals surface area contributed by atoms with Gasteiger partial charge < -0.3 is 4.74 Å². The third-order valence-electron chi connectivity index (χ3n) is 2.59. The summed E-state index contributed by atoms with van der Waals surface area (Å²) in [6.07, 6.45) is 0.870. The highest BCUT2D eigenvalue weighted by molar-refractivity contribution is 8.13. The fourth-order valence-corrected chi connectivity index (χ4v) is 2.79. The molecular formula is C13H19ClO3S. The SMILES string of the molecule is Cc1cc(C)c(OCCC(C)C)c(S(=O)(=O)Cl)c1. The second-order valence-corrected chi connectivity index (χ2v) is 7.41. The maximum absolute atomic E-state index is 11.5. The van der Waals surface area contributed by atoms with Crippen LogP contribution in [0.5, 0.6) is 5.75 Å². The molecule has 0 aliphatic heterocycles.